The Kier molecular flexibility index (Phi) is 3.34. The average Bonchev–Trinajstić information content (AvgIpc) is 1.80. The fraction of sp³-hybridized carbons (Fsp3) is 0.600. The molecule has 2 N–H and O–H groups in total. The van der Waals surface area contributed by atoms with Gasteiger partial charge in [-0.1, -0.05) is 6.92 Å². The van der Waals surface area contributed by atoms with E-state index in [0.29, 0.717) is 0 Å². The van der Waals surface area contributed by atoms with Crippen LogP contribution in [0.1, 0.15) is 20.3 Å². The second kappa shape index (κ2) is 3.59. The van der Waals surface area contributed by atoms with E-state index in [1.165, 1.54) is 6.92 Å². The van der Waals surface area contributed by atoms with Crippen LogP contribution in [0.2, 0.25) is 0 Å². The van der Waals surface area contributed by atoms with Crippen molar-refractivity contribution < 1.29 is 22.3 Å². The smallest absolute Gasteiger partial charge is 0.446 e. The van der Waals surface area contributed by atoms with E-state index in [4.69, 9.17) is 9.66 Å². The maximum absolute atomic E-state index is 10.1. The lowest BCUT2D eigenvalue weighted by atomic mass is 10.3. The highest BCUT2D eigenvalue weighted by atomic mass is 32.3. The molecule has 0 aromatic heterocycles. The normalized spacial score (nSPS) is 14.1. The molecule has 0 aliphatic heterocycles. The minimum Gasteiger partial charge on any atom is -0.509 e. The second-order valence-corrected chi connectivity index (χ2v) is 2.90. The molecular formula is C5H10O5S. The van der Waals surface area contributed by atoms with E-state index in [0.717, 1.165) is 0 Å². The first kappa shape index (κ1) is 10.2. The average molecular weight is 182 g/mol. The van der Waals surface area contributed by atoms with Crippen LogP contribution < -0.4 is 0 Å². The third-order valence-electron chi connectivity index (χ3n) is 0.931. The van der Waals surface area contributed by atoms with E-state index in [1.54, 1.807) is 6.92 Å². The third kappa shape index (κ3) is 4.63. The van der Waals surface area contributed by atoms with Crippen molar-refractivity contribution in [2.75, 3.05) is 0 Å². The second-order valence-electron chi connectivity index (χ2n) is 1.87. The van der Waals surface area contributed by atoms with Gasteiger partial charge in [-0.25, -0.2) is 0 Å². The number of aliphatic hydroxyl groups excluding tert-OH is 1. The molecule has 0 radical (unpaired) electrons. The third-order valence-corrected chi connectivity index (χ3v) is 1.34. The first-order valence-electron chi connectivity index (χ1n) is 2.92. The van der Waals surface area contributed by atoms with Crippen LogP contribution in [0.25, 0.3) is 0 Å². The van der Waals surface area contributed by atoms with E-state index in [9.17, 15) is 8.42 Å². The van der Waals surface area contributed by atoms with Crippen molar-refractivity contribution in [2.45, 2.75) is 20.3 Å². The number of allylic oxidation sites excluding steroid dienone is 2. The Bertz CT molecular complexity index is 246. The lowest BCUT2D eigenvalue weighted by Gasteiger charge is -2.03. The molecule has 0 fully saturated rings. The Balaban J connectivity index is 4.49. The molecule has 0 aliphatic rings. The Hall–Kier alpha value is -0.750. The quantitative estimate of drug-likeness (QED) is 0.502. The van der Waals surface area contributed by atoms with Gasteiger partial charge in [0.25, 0.3) is 0 Å². The van der Waals surface area contributed by atoms with Gasteiger partial charge in [0.15, 0.2) is 5.76 Å². The van der Waals surface area contributed by atoms with Crippen LogP contribution >= 0.6 is 0 Å². The minimum atomic E-state index is -4.50. The van der Waals surface area contributed by atoms with Crippen molar-refractivity contribution in [3.63, 3.8) is 0 Å². The lowest BCUT2D eigenvalue weighted by molar-refractivity contribution is 0.291. The summed E-state index contributed by atoms with van der Waals surface area (Å²) < 4.78 is 32.4. The fourth-order valence-corrected chi connectivity index (χ4v) is 0.995. The molecule has 5 nitrogen and oxygen atoms in total. The van der Waals surface area contributed by atoms with Crippen molar-refractivity contribution in [1.82, 2.24) is 0 Å². The number of aliphatic hydroxyl groups is 1. The molecule has 0 atom stereocenters. The van der Waals surface area contributed by atoms with Crippen LogP contribution in [-0.2, 0) is 14.6 Å². The van der Waals surface area contributed by atoms with Crippen molar-refractivity contribution >= 4 is 10.4 Å². The van der Waals surface area contributed by atoms with Crippen molar-refractivity contribution in [2.24, 2.45) is 0 Å². The molecule has 0 unspecified atom stereocenters. The highest BCUT2D eigenvalue weighted by Gasteiger charge is 2.10. The minimum absolute atomic E-state index is 0.160. The molecule has 66 valence electrons. The summed E-state index contributed by atoms with van der Waals surface area (Å²) in [5.74, 6) is -0.419. The van der Waals surface area contributed by atoms with Crippen LogP contribution in [0.15, 0.2) is 11.5 Å². The van der Waals surface area contributed by atoms with Gasteiger partial charge in [0, 0.05) is 6.42 Å². The predicted molar refractivity (Wildman–Crippen MR) is 38.3 cm³/mol. The molecule has 6 heteroatoms. The van der Waals surface area contributed by atoms with E-state index in [1.807, 2.05) is 0 Å². The van der Waals surface area contributed by atoms with E-state index in [2.05, 4.69) is 4.18 Å². The van der Waals surface area contributed by atoms with Crippen LogP contribution in [0, 0.1) is 0 Å². The van der Waals surface area contributed by atoms with Crippen molar-refractivity contribution in [1.29, 1.82) is 0 Å². The summed E-state index contributed by atoms with van der Waals surface area (Å²) in [4.78, 5) is 0. The number of hydrogen-bond acceptors (Lipinski definition) is 4. The fourth-order valence-electron chi connectivity index (χ4n) is 0.502. The monoisotopic (exact) mass is 182 g/mol. The standard InChI is InChI=1S/C5H10O5S/c1-3-5(4(2)6)10-11(7,8)9/h6H,3H2,1-2H3,(H,7,8,9). The van der Waals surface area contributed by atoms with Gasteiger partial charge in [0.05, 0.1) is 0 Å². The maximum atomic E-state index is 10.1. The van der Waals surface area contributed by atoms with Crippen LogP contribution in [0.4, 0.5) is 0 Å². The van der Waals surface area contributed by atoms with Gasteiger partial charge in [-0.05, 0) is 6.92 Å². The van der Waals surface area contributed by atoms with Gasteiger partial charge in [-0.15, -0.1) is 0 Å². The molecule has 0 aromatic carbocycles. The summed E-state index contributed by atoms with van der Waals surface area (Å²) in [6.07, 6.45) is 0.197. The van der Waals surface area contributed by atoms with Gasteiger partial charge >= 0.3 is 10.4 Å². The van der Waals surface area contributed by atoms with Gasteiger partial charge in [0.2, 0.25) is 0 Å². The Morgan fingerprint density at radius 3 is 2.09 bits per heavy atom. The SMILES string of the molecule is CCC(OS(=O)(=O)O)=C(C)O. The largest absolute Gasteiger partial charge is 0.509 e. The summed E-state index contributed by atoms with van der Waals surface area (Å²) >= 11 is 0. The summed E-state index contributed by atoms with van der Waals surface area (Å²) in [6.45, 7) is 2.85. The lowest BCUT2D eigenvalue weighted by Crippen LogP contribution is -2.04. The number of rotatable bonds is 3. The zero-order chi connectivity index (χ0) is 9.07. The Morgan fingerprint density at radius 2 is 2.00 bits per heavy atom. The van der Waals surface area contributed by atoms with Gasteiger partial charge < -0.3 is 9.29 Å². The summed E-state index contributed by atoms with van der Waals surface area (Å²) in [7, 11) is -4.50. The predicted octanol–water partition coefficient (Wildman–Crippen LogP) is 1.01. The molecular weight excluding hydrogens is 172 g/mol. The Morgan fingerprint density at radius 1 is 1.55 bits per heavy atom. The van der Waals surface area contributed by atoms with E-state index >= 15 is 0 Å². The maximum Gasteiger partial charge on any atom is 0.446 e. The molecule has 0 bridgehead atoms. The molecule has 0 aliphatic carbocycles. The van der Waals surface area contributed by atoms with Crippen LogP contribution in [0.3, 0.4) is 0 Å². The summed E-state index contributed by atoms with van der Waals surface area (Å²) in [5, 5.41) is 8.75. The highest BCUT2D eigenvalue weighted by Crippen LogP contribution is 2.09. The first-order chi connectivity index (χ1) is 4.87. The highest BCUT2D eigenvalue weighted by molar-refractivity contribution is 7.81. The van der Waals surface area contributed by atoms with Crippen LogP contribution in [-0.4, -0.2) is 18.1 Å². The van der Waals surface area contributed by atoms with Crippen molar-refractivity contribution in [3.05, 3.63) is 11.5 Å². The molecule has 0 rings (SSSR count). The zero-order valence-corrected chi connectivity index (χ0v) is 7.05. The van der Waals surface area contributed by atoms with E-state index in [-0.39, 0.29) is 17.9 Å². The summed E-state index contributed by atoms with van der Waals surface area (Å²) in [6, 6.07) is 0. The molecule has 0 aromatic rings. The van der Waals surface area contributed by atoms with Gasteiger partial charge in [-0.2, -0.15) is 8.42 Å². The molecule has 0 spiro atoms. The van der Waals surface area contributed by atoms with Gasteiger partial charge in [0.1, 0.15) is 5.76 Å². The zero-order valence-electron chi connectivity index (χ0n) is 6.23. The van der Waals surface area contributed by atoms with Gasteiger partial charge in [-0.3, -0.25) is 4.55 Å². The first-order valence-corrected chi connectivity index (χ1v) is 4.29. The summed E-state index contributed by atoms with van der Waals surface area (Å²) in [5.41, 5.74) is 0. The van der Waals surface area contributed by atoms with Crippen LogP contribution in [0.5, 0.6) is 0 Å². The van der Waals surface area contributed by atoms with E-state index < -0.39 is 10.4 Å². The van der Waals surface area contributed by atoms with Crippen molar-refractivity contribution in [3.8, 4) is 0 Å². The topological polar surface area (TPSA) is 83.8 Å². The molecule has 0 amide bonds. The molecule has 11 heavy (non-hydrogen) atoms. The molecule has 0 saturated heterocycles. The molecule has 0 heterocycles. The molecule has 0 saturated carbocycles. The Labute approximate surface area is 65.3 Å². The number of hydrogen-bond donors (Lipinski definition) is 2.